The van der Waals surface area contributed by atoms with Gasteiger partial charge in [0, 0.05) is 30.9 Å². The average molecular weight is 274 g/mol. The summed E-state index contributed by atoms with van der Waals surface area (Å²) in [6.07, 6.45) is 3.52. The Labute approximate surface area is 117 Å². The van der Waals surface area contributed by atoms with Crippen molar-refractivity contribution in [3.05, 3.63) is 59.7 Å². The number of rotatable bonds is 5. The normalized spacial score (nSPS) is 10.8. The first-order valence-corrected chi connectivity index (χ1v) is 6.28. The second kappa shape index (κ2) is 6.61. The van der Waals surface area contributed by atoms with Crippen LogP contribution in [0.2, 0.25) is 0 Å². The minimum Gasteiger partial charge on any atom is -0.423 e. The summed E-state index contributed by atoms with van der Waals surface area (Å²) < 4.78 is 13.4. The Morgan fingerprint density at radius 2 is 1.95 bits per heavy atom. The molecule has 0 saturated heterocycles. The van der Waals surface area contributed by atoms with Crippen LogP contribution < -0.4 is 5.46 Å². The van der Waals surface area contributed by atoms with Gasteiger partial charge in [-0.3, -0.25) is 9.88 Å². The van der Waals surface area contributed by atoms with E-state index in [0.717, 1.165) is 11.1 Å². The Balaban J connectivity index is 2.04. The van der Waals surface area contributed by atoms with E-state index >= 15 is 0 Å². The van der Waals surface area contributed by atoms with Crippen molar-refractivity contribution in [1.29, 1.82) is 0 Å². The molecule has 0 aliphatic rings. The molecule has 0 bridgehead atoms. The van der Waals surface area contributed by atoms with Crippen molar-refractivity contribution in [3.8, 4) is 0 Å². The van der Waals surface area contributed by atoms with E-state index in [1.807, 2.05) is 24.1 Å². The van der Waals surface area contributed by atoms with Crippen LogP contribution in [0.1, 0.15) is 11.1 Å². The van der Waals surface area contributed by atoms with Gasteiger partial charge >= 0.3 is 7.12 Å². The van der Waals surface area contributed by atoms with Crippen LogP contribution in [0, 0.1) is 5.82 Å². The molecule has 6 heteroatoms. The molecule has 0 unspecified atom stereocenters. The van der Waals surface area contributed by atoms with E-state index in [-0.39, 0.29) is 5.46 Å². The van der Waals surface area contributed by atoms with Crippen molar-refractivity contribution >= 4 is 12.6 Å². The van der Waals surface area contributed by atoms with Crippen molar-refractivity contribution in [2.24, 2.45) is 0 Å². The predicted molar refractivity (Wildman–Crippen MR) is 75.6 cm³/mol. The summed E-state index contributed by atoms with van der Waals surface area (Å²) in [6.45, 7) is 1.29. The molecular weight excluding hydrogens is 258 g/mol. The number of hydrogen-bond acceptors (Lipinski definition) is 4. The molecule has 0 fully saturated rings. The van der Waals surface area contributed by atoms with Crippen LogP contribution in [0.5, 0.6) is 0 Å². The van der Waals surface area contributed by atoms with Gasteiger partial charge in [0.05, 0.1) is 0 Å². The van der Waals surface area contributed by atoms with Crippen LogP contribution in [-0.2, 0) is 13.1 Å². The Hall–Kier alpha value is -1.76. The molecule has 1 aromatic heterocycles. The predicted octanol–water partition coefficient (Wildman–Crippen LogP) is 0.532. The molecule has 104 valence electrons. The minimum atomic E-state index is -1.79. The number of benzene rings is 1. The minimum absolute atomic E-state index is 0.0997. The van der Waals surface area contributed by atoms with Crippen LogP contribution in [0.15, 0.2) is 42.7 Å². The van der Waals surface area contributed by atoms with E-state index in [2.05, 4.69) is 4.98 Å². The molecule has 0 saturated carbocycles. The van der Waals surface area contributed by atoms with Gasteiger partial charge in [0.1, 0.15) is 5.82 Å². The molecule has 2 N–H and O–H groups in total. The van der Waals surface area contributed by atoms with Crippen LogP contribution in [0.25, 0.3) is 0 Å². The zero-order valence-electron chi connectivity index (χ0n) is 11.2. The monoisotopic (exact) mass is 274 g/mol. The largest absolute Gasteiger partial charge is 0.491 e. The summed E-state index contributed by atoms with van der Waals surface area (Å²) in [7, 11) is 0.143. The summed E-state index contributed by atoms with van der Waals surface area (Å²) in [5.41, 5.74) is 1.80. The van der Waals surface area contributed by atoms with Gasteiger partial charge in [0.2, 0.25) is 0 Å². The molecule has 0 spiro atoms. The molecule has 0 aliphatic carbocycles. The van der Waals surface area contributed by atoms with E-state index in [9.17, 15) is 4.39 Å². The lowest BCUT2D eigenvalue weighted by Crippen LogP contribution is -2.33. The Kier molecular flexibility index (Phi) is 4.84. The maximum Gasteiger partial charge on any atom is 0.491 e. The summed E-state index contributed by atoms with van der Waals surface area (Å²) >= 11 is 0. The number of halogens is 1. The highest BCUT2D eigenvalue weighted by molar-refractivity contribution is 6.58. The van der Waals surface area contributed by atoms with Gasteiger partial charge < -0.3 is 10.0 Å². The Bertz CT molecular complexity index is 566. The fraction of sp³-hybridized carbons (Fsp3) is 0.214. The second-order valence-corrected chi connectivity index (χ2v) is 4.76. The molecule has 0 aliphatic heterocycles. The molecule has 1 heterocycles. The van der Waals surface area contributed by atoms with Crippen molar-refractivity contribution < 1.29 is 14.4 Å². The third-order valence-corrected chi connectivity index (χ3v) is 2.97. The number of nitrogens with zero attached hydrogens (tertiary/aromatic N) is 2. The van der Waals surface area contributed by atoms with Crippen LogP contribution in [0.4, 0.5) is 4.39 Å². The van der Waals surface area contributed by atoms with E-state index in [4.69, 9.17) is 10.0 Å². The number of pyridine rings is 1. The van der Waals surface area contributed by atoms with Crippen molar-refractivity contribution in [3.63, 3.8) is 0 Å². The first kappa shape index (κ1) is 14.6. The van der Waals surface area contributed by atoms with Gasteiger partial charge in [-0.15, -0.1) is 0 Å². The van der Waals surface area contributed by atoms with Gasteiger partial charge in [-0.1, -0.05) is 18.2 Å². The van der Waals surface area contributed by atoms with Crippen molar-refractivity contribution in [2.45, 2.75) is 13.1 Å². The Morgan fingerprint density at radius 1 is 1.20 bits per heavy atom. The zero-order chi connectivity index (χ0) is 14.5. The smallest absolute Gasteiger partial charge is 0.423 e. The lowest BCUT2D eigenvalue weighted by atomic mass is 9.79. The first-order valence-electron chi connectivity index (χ1n) is 6.28. The SMILES string of the molecule is CN(Cc1cccnc1)Cc1ccc(F)c(B(O)O)c1. The molecule has 0 amide bonds. The second-order valence-electron chi connectivity index (χ2n) is 4.76. The molecule has 2 rings (SSSR count). The molecule has 20 heavy (non-hydrogen) atoms. The fourth-order valence-electron chi connectivity index (χ4n) is 2.06. The summed E-state index contributed by atoms with van der Waals surface area (Å²) in [4.78, 5) is 6.09. The van der Waals surface area contributed by atoms with Crippen molar-refractivity contribution in [2.75, 3.05) is 7.05 Å². The lowest BCUT2D eigenvalue weighted by Gasteiger charge is -2.17. The molecule has 0 atom stereocenters. The van der Waals surface area contributed by atoms with Gasteiger partial charge in [-0.2, -0.15) is 0 Å². The maximum absolute atomic E-state index is 13.4. The molecule has 1 aromatic carbocycles. The summed E-state index contributed by atoms with van der Waals surface area (Å²) in [5.74, 6) is -0.612. The van der Waals surface area contributed by atoms with Crippen LogP contribution in [-0.4, -0.2) is 34.1 Å². The molecule has 2 aromatic rings. The molecule has 0 radical (unpaired) electrons. The highest BCUT2D eigenvalue weighted by Crippen LogP contribution is 2.08. The van der Waals surface area contributed by atoms with E-state index < -0.39 is 12.9 Å². The van der Waals surface area contributed by atoms with Crippen LogP contribution in [0.3, 0.4) is 0 Å². The quantitative estimate of drug-likeness (QED) is 0.781. The first-order chi connectivity index (χ1) is 9.56. The Morgan fingerprint density at radius 3 is 2.60 bits per heavy atom. The van der Waals surface area contributed by atoms with Gasteiger partial charge in [-0.05, 0) is 30.3 Å². The fourth-order valence-corrected chi connectivity index (χ4v) is 2.06. The summed E-state index contributed by atoms with van der Waals surface area (Å²) in [5, 5.41) is 18.2. The third kappa shape index (κ3) is 3.87. The number of hydrogen-bond donors (Lipinski definition) is 2. The number of aromatic nitrogens is 1. The van der Waals surface area contributed by atoms with Gasteiger partial charge in [0.15, 0.2) is 0 Å². The topological polar surface area (TPSA) is 56.6 Å². The molecular formula is C14H16BFN2O2. The van der Waals surface area contributed by atoms with Gasteiger partial charge in [0.25, 0.3) is 0 Å². The van der Waals surface area contributed by atoms with Gasteiger partial charge in [-0.25, -0.2) is 4.39 Å². The maximum atomic E-state index is 13.4. The standard InChI is InChI=1S/C14H16BFN2O2/c1-18(10-12-3-2-6-17-8-12)9-11-4-5-14(16)13(7-11)15(19)20/h2-8,19-20H,9-10H2,1H3. The van der Waals surface area contributed by atoms with Crippen LogP contribution >= 0.6 is 0 Å². The highest BCUT2D eigenvalue weighted by atomic mass is 19.1. The van der Waals surface area contributed by atoms with E-state index in [1.54, 1.807) is 18.5 Å². The third-order valence-electron chi connectivity index (χ3n) is 2.97. The zero-order valence-corrected chi connectivity index (χ0v) is 11.2. The van der Waals surface area contributed by atoms with Crippen molar-refractivity contribution in [1.82, 2.24) is 9.88 Å². The highest BCUT2D eigenvalue weighted by Gasteiger charge is 2.17. The lowest BCUT2D eigenvalue weighted by molar-refractivity contribution is 0.318. The average Bonchev–Trinajstić information content (AvgIpc) is 2.41. The summed E-state index contributed by atoms with van der Waals surface area (Å²) in [6, 6.07) is 8.22. The van der Waals surface area contributed by atoms with E-state index in [0.29, 0.717) is 13.1 Å². The molecule has 4 nitrogen and oxygen atoms in total. The van der Waals surface area contributed by atoms with E-state index in [1.165, 1.54) is 12.1 Å².